The van der Waals surface area contributed by atoms with Gasteiger partial charge in [0.1, 0.15) is 0 Å². The third-order valence-corrected chi connectivity index (χ3v) is 2.67. The average Bonchev–Trinajstić information content (AvgIpc) is 2.21. The first kappa shape index (κ1) is 6.17. The number of hydrogen-bond donors (Lipinski definition) is 0. The van der Waals surface area contributed by atoms with Crippen molar-refractivity contribution in [2.75, 3.05) is 0 Å². The molecule has 0 atom stereocenters. The van der Waals surface area contributed by atoms with E-state index in [9.17, 15) is 0 Å². The van der Waals surface area contributed by atoms with E-state index in [1.54, 1.807) is 0 Å². The van der Waals surface area contributed by atoms with Gasteiger partial charge in [-0.1, -0.05) is 5.57 Å². The summed E-state index contributed by atoms with van der Waals surface area (Å²) in [6.07, 6.45) is 4.48. The molecule has 0 aromatic carbocycles. The molecule has 1 aromatic heterocycles. The second kappa shape index (κ2) is 1.96. The lowest BCUT2D eigenvalue weighted by Crippen LogP contribution is -1.70. The summed E-state index contributed by atoms with van der Waals surface area (Å²) in [4.78, 5) is 2.83. The van der Waals surface area contributed by atoms with Crippen molar-refractivity contribution < 1.29 is 0 Å². The van der Waals surface area contributed by atoms with Crippen LogP contribution in [0.3, 0.4) is 0 Å². The van der Waals surface area contributed by atoms with E-state index in [0.29, 0.717) is 0 Å². The molecule has 1 aromatic rings. The molecule has 0 saturated carbocycles. The lowest BCUT2D eigenvalue weighted by Gasteiger charge is -1.85. The van der Waals surface area contributed by atoms with E-state index in [4.69, 9.17) is 0 Å². The molecule has 1 heterocycles. The van der Waals surface area contributed by atoms with Crippen molar-refractivity contribution in [2.24, 2.45) is 0 Å². The molecule has 1 aliphatic carbocycles. The number of allylic oxidation sites excluding steroid dienone is 1. The van der Waals surface area contributed by atoms with E-state index >= 15 is 0 Å². The van der Waals surface area contributed by atoms with Crippen LogP contribution in [0.4, 0.5) is 0 Å². The minimum absolute atomic E-state index is 1.38. The predicted molar refractivity (Wildman–Crippen MR) is 46.1 cm³/mol. The van der Waals surface area contributed by atoms with Gasteiger partial charge >= 0.3 is 0 Å². The molecule has 51 valence electrons. The van der Waals surface area contributed by atoms with Gasteiger partial charge in [-0.05, 0) is 31.6 Å². The Balaban J connectivity index is 2.53. The monoisotopic (exact) mass is 149 g/mol. The minimum Gasteiger partial charge on any atom is -0.141 e. The number of rotatable bonds is 0. The zero-order valence-corrected chi connectivity index (χ0v) is 6.96. The topological polar surface area (TPSA) is 0 Å². The van der Waals surface area contributed by atoms with Gasteiger partial charge in [0.25, 0.3) is 0 Å². The smallest absolute Gasteiger partial charge is 0.0311 e. The Morgan fingerprint density at radius 1 is 1.30 bits per heavy atom. The van der Waals surface area contributed by atoms with Crippen LogP contribution >= 0.6 is 11.3 Å². The van der Waals surface area contributed by atoms with E-state index < -0.39 is 0 Å². The Labute approximate surface area is 65.2 Å². The standard InChI is InChI=1S/C9H9S/c1-6-3-8-5-7(2)10-9(8)4-6/h3-5H,1-2H3. The Kier molecular flexibility index (Phi) is 1.21. The van der Waals surface area contributed by atoms with Crippen molar-refractivity contribution in [1.29, 1.82) is 0 Å². The van der Waals surface area contributed by atoms with Crippen molar-refractivity contribution in [3.63, 3.8) is 0 Å². The maximum Gasteiger partial charge on any atom is 0.0311 e. The normalized spacial score (nSPS) is 15.2. The summed E-state index contributed by atoms with van der Waals surface area (Å²) in [5.41, 5.74) is 2.78. The second-order valence-electron chi connectivity index (χ2n) is 2.71. The summed E-state index contributed by atoms with van der Waals surface area (Å²) in [5, 5.41) is 0. The average molecular weight is 149 g/mol. The van der Waals surface area contributed by atoms with Crippen LogP contribution in [0.2, 0.25) is 0 Å². The molecule has 0 unspecified atom stereocenters. The quantitative estimate of drug-likeness (QED) is 0.532. The Bertz CT molecular complexity index is 292. The van der Waals surface area contributed by atoms with Gasteiger partial charge in [0, 0.05) is 16.2 Å². The van der Waals surface area contributed by atoms with Crippen LogP contribution in [-0.4, -0.2) is 0 Å². The zero-order valence-electron chi connectivity index (χ0n) is 6.14. The summed E-state index contributed by atoms with van der Waals surface area (Å²) in [6.45, 7) is 4.29. The summed E-state index contributed by atoms with van der Waals surface area (Å²) in [5.74, 6) is 0. The molecule has 0 N–H and O–H groups in total. The van der Waals surface area contributed by atoms with Crippen LogP contribution < -0.4 is 0 Å². The third-order valence-electron chi connectivity index (χ3n) is 1.66. The van der Waals surface area contributed by atoms with Gasteiger partial charge in [-0.3, -0.25) is 0 Å². The van der Waals surface area contributed by atoms with E-state index in [-0.39, 0.29) is 0 Å². The van der Waals surface area contributed by atoms with E-state index in [1.165, 1.54) is 20.9 Å². The lowest BCUT2D eigenvalue weighted by atomic mass is 10.2. The fourth-order valence-corrected chi connectivity index (χ4v) is 2.28. The largest absolute Gasteiger partial charge is 0.141 e. The molecule has 0 nitrogen and oxygen atoms in total. The van der Waals surface area contributed by atoms with Crippen molar-refractivity contribution in [2.45, 2.75) is 13.8 Å². The third kappa shape index (κ3) is 0.816. The SMILES string of the molecule is CC1=Cc2sc(C)cc2[CH]1. The molecule has 0 aliphatic heterocycles. The van der Waals surface area contributed by atoms with Gasteiger partial charge in [0.15, 0.2) is 0 Å². The molecule has 0 saturated heterocycles. The lowest BCUT2D eigenvalue weighted by molar-refractivity contribution is 1.45. The molecule has 1 heteroatoms. The van der Waals surface area contributed by atoms with Crippen molar-refractivity contribution in [1.82, 2.24) is 0 Å². The maximum atomic E-state index is 2.24. The molecule has 10 heavy (non-hydrogen) atoms. The Hall–Kier alpha value is -0.560. The van der Waals surface area contributed by atoms with E-state index in [0.717, 1.165) is 0 Å². The summed E-state index contributed by atoms with van der Waals surface area (Å²) >= 11 is 1.87. The highest BCUT2D eigenvalue weighted by Gasteiger charge is 2.11. The van der Waals surface area contributed by atoms with E-state index in [1.807, 2.05) is 11.3 Å². The van der Waals surface area contributed by atoms with Crippen LogP contribution in [0, 0.1) is 13.3 Å². The van der Waals surface area contributed by atoms with Crippen LogP contribution in [-0.2, 0) is 0 Å². The van der Waals surface area contributed by atoms with Gasteiger partial charge in [-0.15, -0.1) is 11.3 Å². The first-order valence-electron chi connectivity index (χ1n) is 3.39. The van der Waals surface area contributed by atoms with Gasteiger partial charge < -0.3 is 0 Å². The predicted octanol–water partition coefficient (Wildman–Crippen LogP) is 3.03. The molecular formula is C9H9S. The summed E-state index contributed by atoms with van der Waals surface area (Å²) < 4.78 is 0. The Morgan fingerprint density at radius 2 is 2.10 bits per heavy atom. The molecular weight excluding hydrogens is 140 g/mol. The zero-order chi connectivity index (χ0) is 7.14. The fraction of sp³-hybridized carbons (Fsp3) is 0.222. The highest BCUT2D eigenvalue weighted by atomic mass is 32.1. The highest BCUT2D eigenvalue weighted by Crippen LogP contribution is 2.32. The number of hydrogen-bond acceptors (Lipinski definition) is 1. The van der Waals surface area contributed by atoms with Crippen molar-refractivity contribution in [3.8, 4) is 0 Å². The van der Waals surface area contributed by atoms with E-state index in [2.05, 4.69) is 32.4 Å². The van der Waals surface area contributed by atoms with Crippen LogP contribution in [0.5, 0.6) is 0 Å². The summed E-state index contributed by atoms with van der Waals surface area (Å²) in [7, 11) is 0. The molecule has 0 amide bonds. The van der Waals surface area contributed by atoms with Gasteiger partial charge in [0.2, 0.25) is 0 Å². The van der Waals surface area contributed by atoms with Gasteiger partial charge in [-0.25, -0.2) is 0 Å². The van der Waals surface area contributed by atoms with Gasteiger partial charge in [0.05, 0.1) is 0 Å². The Morgan fingerprint density at radius 3 is 2.80 bits per heavy atom. The van der Waals surface area contributed by atoms with Crippen molar-refractivity contribution in [3.05, 3.63) is 33.4 Å². The number of aryl methyl sites for hydroxylation is 1. The fourth-order valence-electron chi connectivity index (χ4n) is 1.27. The summed E-state index contributed by atoms with van der Waals surface area (Å²) in [6, 6.07) is 2.24. The molecule has 0 fully saturated rings. The number of fused-ring (bicyclic) bond motifs is 1. The highest BCUT2D eigenvalue weighted by molar-refractivity contribution is 7.13. The van der Waals surface area contributed by atoms with Crippen LogP contribution in [0.15, 0.2) is 11.6 Å². The maximum absolute atomic E-state index is 2.24. The number of thiophene rings is 1. The van der Waals surface area contributed by atoms with Crippen LogP contribution in [0.25, 0.3) is 6.08 Å². The first-order chi connectivity index (χ1) is 4.75. The van der Waals surface area contributed by atoms with Crippen molar-refractivity contribution >= 4 is 17.4 Å². The molecule has 0 bridgehead atoms. The minimum atomic E-state index is 1.38. The van der Waals surface area contributed by atoms with Crippen LogP contribution in [0.1, 0.15) is 22.2 Å². The molecule has 2 rings (SSSR count). The second-order valence-corrected chi connectivity index (χ2v) is 4.00. The molecule has 1 radical (unpaired) electrons. The molecule has 1 aliphatic rings. The molecule has 0 spiro atoms. The first-order valence-corrected chi connectivity index (χ1v) is 4.21. The van der Waals surface area contributed by atoms with Gasteiger partial charge in [-0.2, -0.15) is 0 Å².